The highest BCUT2D eigenvalue weighted by Gasteiger charge is 2.04. The topological polar surface area (TPSA) is 55.1 Å². The minimum absolute atomic E-state index is 0. The summed E-state index contributed by atoms with van der Waals surface area (Å²) in [5.74, 6) is 0.102. The lowest BCUT2D eigenvalue weighted by Gasteiger charge is -2.06. The number of rotatable bonds is 6. The Morgan fingerprint density at radius 1 is 1.65 bits per heavy atom. The lowest BCUT2D eigenvalue weighted by molar-refractivity contribution is -0.121. The van der Waals surface area contributed by atoms with Crippen molar-refractivity contribution in [2.75, 3.05) is 6.54 Å². The quantitative estimate of drug-likeness (QED) is 0.836. The number of hydrogen-bond acceptors (Lipinski definition) is 3. The van der Waals surface area contributed by atoms with E-state index in [1.54, 1.807) is 11.3 Å². The Balaban J connectivity index is 0.00000256. The largest absolute Gasteiger partial charge is 0.356 e. The van der Waals surface area contributed by atoms with Gasteiger partial charge in [0.25, 0.3) is 0 Å². The van der Waals surface area contributed by atoms with Crippen LogP contribution in [0.4, 0.5) is 0 Å². The Morgan fingerprint density at radius 3 is 2.88 bits per heavy atom. The van der Waals surface area contributed by atoms with Gasteiger partial charge in [0.15, 0.2) is 0 Å². The molecule has 0 aliphatic rings. The highest BCUT2D eigenvalue weighted by atomic mass is 79.9. The molecule has 1 rings (SSSR count). The number of hydrogen-bond donors (Lipinski definition) is 2. The number of halogens is 2. The predicted molar refractivity (Wildman–Crippen MR) is 78.9 cm³/mol. The van der Waals surface area contributed by atoms with Crippen molar-refractivity contribution >= 4 is 45.6 Å². The van der Waals surface area contributed by atoms with Crippen molar-refractivity contribution < 1.29 is 4.79 Å². The maximum absolute atomic E-state index is 11.4. The van der Waals surface area contributed by atoms with Crippen LogP contribution in [-0.4, -0.2) is 18.5 Å². The molecule has 0 radical (unpaired) electrons. The van der Waals surface area contributed by atoms with E-state index < -0.39 is 0 Å². The van der Waals surface area contributed by atoms with Crippen molar-refractivity contribution in [3.63, 3.8) is 0 Å². The minimum Gasteiger partial charge on any atom is -0.356 e. The molecule has 0 aromatic carbocycles. The Bertz CT molecular complexity index is 344. The van der Waals surface area contributed by atoms with Crippen LogP contribution >= 0.6 is 39.7 Å². The summed E-state index contributed by atoms with van der Waals surface area (Å²) in [6.45, 7) is 2.61. The number of nitrogens with one attached hydrogen (secondary N) is 1. The SMILES string of the molecule is CC(N)CCNC(=O)CCc1cc(Br)cs1.Cl. The van der Waals surface area contributed by atoms with Crippen LogP contribution in [0.2, 0.25) is 0 Å². The molecule has 1 atom stereocenters. The Kier molecular flexibility index (Phi) is 8.86. The van der Waals surface area contributed by atoms with Gasteiger partial charge in [-0.05, 0) is 41.8 Å². The number of aryl methyl sites for hydroxylation is 1. The molecular formula is C11H18BrClN2OS. The van der Waals surface area contributed by atoms with E-state index in [9.17, 15) is 4.79 Å². The molecule has 1 aromatic rings. The molecule has 1 unspecified atom stereocenters. The monoisotopic (exact) mass is 340 g/mol. The molecule has 0 aliphatic heterocycles. The summed E-state index contributed by atoms with van der Waals surface area (Å²) in [4.78, 5) is 12.7. The first-order chi connectivity index (χ1) is 7.58. The molecule has 98 valence electrons. The van der Waals surface area contributed by atoms with Crippen molar-refractivity contribution in [3.05, 3.63) is 20.8 Å². The first kappa shape index (κ1) is 16.9. The lowest BCUT2D eigenvalue weighted by Crippen LogP contribution is -2.28. The smallest absolute Gasteiger partial charge is 0.220 e. The van der Waals surface area contributed by atoms with E-state index in [0.717, 1.165) is 17.3 Å². The van der Waals surface area contributed by atoms with Crippen LogP contribution in [0.1, 0.15) is 24.6 Å². The highest BCUT2D eigenvalue weighted by molar-refractivity contribution is 9.10. The summed E-state index contributed by atoms with van der Waals surface area (Å²) in [6.07, 6.45) is 2.18. The predicted octanol–water partition coefficient (Wildman–Crippen LogP) is 2.72. The zero-order valence-corrected chi connectivity index (χ0v) is 13.0. The molecule has 1 heterocycles. The fourth-order valence-electron chi connectivity index (χ4n) is 1.25. The van der Waals surface area contributed by atoms with Crippen molar-refractivity contribution in [1.82, 2.24) is 5.32 Å². The van der Waals surface area contributed by atoms with E-state index in [-0.39, 0.29) is 24.4 Å². The molecule has 3 nitrogen and oxygen atoms in total. The summed E-state index contributed by atoms with van der Waals surface area (Å²) in [6, 6.07) is 2.20. The highest BCUT2D eigenvalue weighted by Crippen LogP contribution is 2.20. The van der Waals surface area contributed by atoms with Gasteiger partial charge in [-0.2, -0.15) is 0 Å². The summed E-state index contributed by atoms with van der Waals surface area (Å²) in [7, 11) is 0. The van der Waals surface area contributed by atoms with Gasteiger partial charge in [-0.15, -0.1) is 23.7 Å². The fourth-order valence-corrected chi connectivity index (χ4v) is 2.70. The van der Waals surface area contributed by atoms with Crippen molar-refractivity contribution in [2.45, 2.75) is 32.2 Å². The molecule has 3 N–H and O–H groups in total. The second-order valence-electron chi connectivity index (χ2n) is 3.85. The molecule has 0 saturated heterocycles. The molecule has 0 bridgehead atoms. The average molecular weight is 342 g/mol. The minimum atomic E-state index is 0. The third-order valence-electron chi connectivity index (χ3n) is 2.14. The van der Waals surface area contributed by atoms with Gasteiger partial charge in [-0.25, -0.2) is 0 Å². The summed E-state index contributed by atoms with van der Waals surface area (Å²) in [5.41, 5.74) is 5.59. The van der Waals surface area contributed by atoms with E-state index >= 15 is 0 Å². The van der Waals surface area contributed by atoms with Gasteiger partial charge >= 0.3 is 0 Å². The Labute approximate surface area is 121 Å². The van der Waals surface area contributed by atoms with Crippen LogP contribution < -0.4 is 11.1 Å². The Hall–Kier alpha value is -0.100. The second-order valence-corrected chi connectivity index (χ2v) is 5.76. The van der Waals surface area contributed by atoms with Gasteiger partial charge < -0.3 is 11.1 Å². The number of carbonyl (C=O) groups excluding carboxylic acids is 1. The first-order valence-electron chi connectivity index (χ1n) is 5.33. The molecule has 17 heavy (non-hydrogen) atoms. The molecule has 0 saturated carbocycles. The number of carbonyl (C=O) groups is 1. The van der Waals surface area contributed by atoms with E-state index in [2.05, 4.69) is 27.3 Å². The molecule has 6 heteroatoms. The number of thiophene rings is 1. The molecule has 0 aliphatic carbocycles. The van der Waals surface area contributed by atoms with E-state index in [1.807, 2.05) is 12.3 Å². The van der Waals surface area contributed by atoms with Crippen molar-refractivity contribution in [2.24, 2.45) is 5.73 Å². The molecule has 0 spiro atoms. The number of nitrogens with two attached hydrogens (primary N) is 1. The van der Waals surface area contributed by atoms with Gasteiger partial charge in [0.05, 0.1) is 0 Å². The average Bonchev–Trinajstić information content (AvgIpc) is 2.61. The van der Waals surface area contributed by atoms with Crippen molar-refractivity contribution in [1.29, 1.82) is 0 Å². The zero-order chi connectivity index (χ0) is 12.0. The van der Waals surface area contributed by atoms with Gasteiger partial charge in [0.2, 0.25) is 5.91 Å². The summed E-state index contributed by atoms with van der Waals surface area (Å²) >= 11 is 5.07. The second kappa shape index (κ2) is 8.91. The molecule has 1 aromatic heterocycles. The maximum atomic E-state index is 11.4. The van der Waals surface area contributed by atoms with E-state index in [1.165, 1.54) is 4.88 Å². The molecule has 0 fully saturated rings. The third-order valence-corrected chi connectivity index (χ3v) is 3.90. The Morgan fingerprint density at radius 2 is 2.35 bits per heavy atom. The van der Waals surface area contributed by atoms with Gasteiger partial charge in [0.1, 0.15) is 0 Å². The van der Waals surface area contributed by atoms with E-state index in [4.69, 9.17) is 5.73 Å². The number of amides is 1. The lowest BCUT2D eigenvalue weighted by atomic mass is 10.2. The fraction of sp³-hybridized carbons (Fsp3) is 0.545. The van der Waals surface area contributed by atoms with Crippen LogP contribution in [0.25, 0.3) is 0 Å². The van der Waals surface area contributed by atoms with E-state index in [0.29, 0.717) is 13.0 Å². The molecule has 1 amide bonds. The standard InChI is InChI=1S/C11H17BrN2OS.ClH/c1-8(13)4-5-14-11(15)3-2-10-6-9(12)7-16-10;/h6-8H,2-5,13H2,1H3,(H,14,15);1H. The first-order valence-corrected chi connectivity index (χ1v) is 7.00. The third kappa shape index (κ3) is 7.76. The summed E-state index contributed by atoms with van der Waals surface area (Å²) in [5, 5.41) is 4.90. The van der Waals surface area contributed by atoms with Gasteiger partial charge in [0, 0.05) is 33.7 Å². The van der Waals surface area contributed by atoms with Crippen LogP contribution in [-0.2, 0) is 11.2 Å². The van der Waals surface area contributed by atoms with Gasteiger partial charge in [-0.1, -0.05) is 0 Å². The van der Waals surface area contributed by atoms with Crippen LogP contribution in [0.5, 0.6) is 0 Å². The molecular weight excluding hydrogens is 324 g/mol. The van der Waals surface area contributed by atoms with Crippen LogP contribution in [0.3, 0.4) is 0 Å². The van der Waals surface area contributed by atoms with Crippen LogP contribution in [0, 0.1) is 0 Å². The maximum Gasteiger partial charge on any atom is 0.220 e. The normalized spacial score (nSPS) is 11.7. The van der Waals surface area contributed by atoms with Crippen LogP contribution in [0.15, 0.2) is 15.9 Å². The van der Waals surface area contributed by atoms with Crippen molar-refractivity contribution in [3.8, 4) is 0 Å². The summed E-state index contributed by atoms with van der Waals surface area (Å²) < 4.78 is 1.09. The zero-order valence-electron chi connectivity index (χ0n) is 9.74. The van der Waals surface area contributed by atoms with Gasteiger partial charge in [-0.3, -0.25) is 4.79 Å².